The summed E-state index contributed by atoms with van der Waals surface area (Å²) in [6.07, 6.45) is 3.06. The second kappa shape index (κ2) is 5.05. The summed E-state index contributed by atoms with van der Waals surface area (Å²) in [5.74, 6) is -0.111. The molecule has 6 nitrogen and oxygen atoms in total. The van der Waals surface area contributed by atoms with Gasteiger partial charge in [-0.25, -0.2) is 9.48 Å². The average Bonchev–Trinajstić information content (AvgIpc) is 2.94. The SMILES string of the molecule is CC(C)c1ccc([C@H]2C=C(C(=O)O)Nc3ncnn32)cc1. The van der Waals surface area contributed by atoms with Crippen LogP contribution < -0.4 is 5.32 Å². The van der Waals surface area contributed by atoms with E-state index in [4.69, 9.17) is 0 Å². The zero-order chi connectivity index (χ0) is 15.0. The Morgan fingerprint density at radius 2 is 2.05 bits per heavy atom. The van der Waals surface area contributed by atoms with Gasteiger partial charge in [-0.05, 0) is 23.1 Å². The highest BCUT2D eigenvalue weighted by Crippen LogP contribution is 2.29. The molecule has 2 heterocycles. The maximum absolute atomic E-state index is 11.2. The number of nitrogens with zero attached hydrogens (tertiary/aromatic N) is 3. The summed E-state index contributed by atoms with van der Waals surface area (Å²) in [4.78, 5) is 15.3. The zero-order valence-electron chi connectivity index (χ0n) is 11.8. The van der Waals surface area contributed by atoms with Crippen molar-refractivity contribution in [3.05, 3.63) is 53.5 Å². The van der Waals surface area contributed by atoms with Crippen LogP contribution in [-0.2, 0) is 4.79 Å². The molecule has 3 rings (SSSR count). The third-order valence-electron chi connectivity index (χ3n) is 3.58. The molecule has 6 heteroatoms. The molecule has 0 unspecified atom stereocenters. The Morgan fingerprint density at radius 1 is 1.33 bits per heavy atom. The zero-order valence-corrected chi connectivity index (χ0v) is 11.8. The van der Waals surface area contributed by atoms with Gasteiger partial charge in [0, 0.05) is 0 Å². The molecule has 1 aromatic heterocycles. The van der Waals surface area contributed by atoms with E-state index in [9.17, 15) is 9.90 Å². The van der Waals surface area contributed by atoms with Crippen LogP contribution in [0.4, 0.5) is 5.95 Å². The lowest BCUT2D eigenvalue weighted by atomic mass is 9.98. The summed E-state index contributed by atoms with van der Waals surface area (Å²) in [5.41, 5.74) is 2.34. The molecule has 1 aromatic carbocycles. The Kier molecular flexibility index (Phi) is 3.21. The molecule has 1 atom stereocenters. The van der Waals surface area contributed by atoms with Crippen molar-refractivity contribution in [1.82, 2.24) is 14.8 Å². The molecule has 0 bridgehead atoms. The van der Waals surface area contributed by atoms with Gasteiger partial charge in [0.1, 0.15) is 18.1 Å². The first-order valence-electron chi connectivity index (χ1n) is 6.77. The fraction of sp³-hybridized carbons (Fsp3) is 0.267. The predicted molar refractivity (Wildman–Crippen MR) is 78.0 cm³/mol. The summed E-state index contributed by atoms with van der Waals surface area (Å²) in [6, 6.07) is 7.87. The van der Waals surface area contributed by atoms with Gasteiger partial charge in [0.05, 0.1) is 0 Å². The molecule has 0 saturated carbocycles. The first-order valence-corrected chi connectivity index (χ1v) is 6.77. The normalized spacial score (nSPS) is 17.1. The van der Waals surface area contributed by atoms with Crippen LogP contribution in [0, 0.1) is 0 Å². The van der Waals surface area contributed by atoms with Crippen LogP contribution >= 0.6 is 0 Å². The summed E-state index contributed by atoms with van der Waals surface area (Å²) in [5, 5.41) is 16.1. The number of fused-ring (bicyclic) bond motifs is 1. The lowest BCUT2D eigenvalue weighted by Gasteiger charge is -2.22. The van der Waals surface area contributed by atoms with E-state index >= 15 is 0 Å². The number of benzene rings is 1. The van der Waals surface area contributed by atoms with Crippen LogP contribution in [0.15, 0.2) is 42.4 Å². The van der Waals surface area contributed by atoms with Gasteiger partial charge in [-0.3, -0.25) is 0 Å². The van der Waals surface area contributed by atoms with Crippen molar-refractivity contribution < 1.29 is 9.90 Å². The molecule has 0 amide bonds. The Bertz CT molecular complexity index is 701. The fourth-order valence-electron chi connectivity index (χ4n) is 2.37. The van der Waals surface area contributed by atoms with E-state index in [1.165, 1.54) is 11.9 Å². The van der Waals surface area contributed by atoms with E-state index in [-0.39, 0.29) is 11.7 Å². The molecule has 0 spiro atoms. The third-order valence-corrected chi connectivity index (χ3v) is 3.58. The molecule has 0 saturated heterocycles. The highest BCUT2D eigenvalue weighted by molar-refractivity contribution is 5.90. The van der Waals surface area contributed by atoms with Crippen molar-refractivity contribution in [1.29, 1.82) is 0 Å². The lowest BCUT2D eigenvalue weighted by Crippen LogP contribution is -2.24. The van der Waals surface area contributed by atoms with Gasteiger partial charge in [0.25, 0.3) is 0 Å². The van der Waals surface area contributed by atoms with E-state index in [0.29, 0.717) is 11.9 Å². The van der Waals surface area contributed by atoms with Crippen LogP contribution in [0.5, 0.6) is 0 Å². The van der Waals surface area contributed by atoms with Crippen LogP contribution in [0.2, 0.25) is 0 Å². The van der Waals surface area contributed by atoms with E-state index in [2.05, 4.69) is 41.4 Å². The van der Waals surface area contributed by atoms with Crippen LogP contribution in [-0.4, -0.2) is 25.8 Å². The molecule has 0 fully saturated rings. The number of rotatable bonds is 3. The van der Waals surface area contributed by atoms with Crippen LogP contribution in [0.25, 0.3) is 0 Å². The summed E-state index contributed by atoms with van der Waals surface area (Å²) >= 11 is 0. The van der Waals surface area contributed by atoms with Gasteiger partial charge in [-0.2, -0.15) is 10.1 Å². The molecule has 21 heavy (non-hydrogen) atoms. The molecular formula is C15H16N4O2. The molecule has 1 aliphatic heterocycles. The molecule has 2 N–H and O–H groups in total. The van der Waals surface area contributed by atoms with Gasteiger partial charge < -0.3 is 10.4 Å². The highest BCUT2D eigenvalue weighted by atomic mass is 16.4. The summed E-state index contributed by atoms with van der Waals surface area (Å²) in [7, 11) is 0. The maximum Gasteiger partial charge on any atom is 0.352 e. The van der Waals surface area contributed by atoms with Crippen LogP contribution in [0.1, 0.15) is 36.9 Å². The van der Waals surface area contributed by atoms with Crippen molar-refractivity contribution in [3.63, 3.8) is 0 Å². The molecule has 0 radical (unpaired) electrons. The molecule has 2 aromatic rings. The number of anilines is 1. The predicted octanol–water partition coefficient (Wildman–Crippen LogP) is 2.38. The first-order chi connectivity index (χ1) is 10.1. The minimum Gasteiger partial charge on any atom is -0.477 e. The Balaban J connectivity index is 2.02. The van der Waals surface area contributed by atoms with E-state index in [0.717, 1.165) is 5.56 Å². The average molecular weight is 284 g/mol. The van der Waals surface area contributed by atoms with Gasteiger partial charge in [-0.1, -0.05) is 38.1 Å². The van der Waals surface area contributed by atoms with Crippen molar-refractivity contribution in [3.8, 4) is 0 Å². The Morgan fingerprint density at radius 3 is 2.67 bits per heavy atom. The number of allylic oxidation sites excluding steroid dienone is 1. The van der Waals surface area contributed by atoms with E-state index < -0.39 is 5.97 Å². The second-order valence-electron chi connectivity index (χ2n) is 5.30. The van der Waals surface area contributed by atoms with E-state index in [1.54, 1.807) is 10.8 Å². The monoisotopic (exact) mass is 284 g/mol. The minimum absolute atomic E-state index is 0.119. The first kappa shape index (κ1) is 13.4. The summed E-state index contributed by atoms with van der Waals surface area (Å²) in [6.45, 7) is 4.27. The van der Waals surface area contributed by atoms with Gasteiger partial charge in [0.2, 0.25) is 5.95 Å². The van der Waals surface area contributed by atoms with E-state index in [1.807, 2.05) is 12.1 Å². The Hall–Kier alpha value is -2.63. The smallest absolute Gasteiger partial charge is 0.352 e. The largest absolute Gasteiger partial charge is 0.477 e. The Labute approximate surface area is 122 Å². The van der Waals surface area contributed by atoms with Crippen molar-refractivity contribution in [2.24, 2.45) is 0 Å². The van der Waals surface area contributed by atoms with Crippen molar-refractivity contribution >= 4 is 11.9 Å². The van der Waals surface area contributed by atoms with Crippen molar-refractivity contribution in [2.45, 2.75) is 25.8 Å². The number of aliphatic carboxylic acids is 1. The van der Waals surface area contributed by atoms with Gasteiger partial charge in [0.15, 0.2) is 0 Å². The molecule has 1 aliphatic rings. The number of carboxylic acid groups (broad SMARTS) is 1. The van der Waals surface area contributed by atoms with Crippen molar-refractivity contribution in [2.75, 3.05) is 5.32 Å². The topological polar surface area (TPSA) is 80.0 Å². The maximum atomic E-state index is 11.2. The van der Waals surface area contributed by atoms with Crippen LogP contribution in [0.3, 0.4) is 0 Å². The number of hydrogen-bond donors (Lipinski definition) is 2. The summed E-state index contributed by atoms with van der Waals surface area (Å²) < 4.78 is 1.68. The molecular weight excluding hydrogens is 268 g/mol. The lowest BCUT2D eigenvalue weighted by molar-refractivity contribution is -0.132. The van der Waals surface area contributed by atoms with Gasteiger partial charge in [-0.15, -0.1) is 0 Å². The molecule has 0 aliphatic carbocycles. The van der Waals surface area contributed by atoms with Gasteiger partial charge >= 0.3 is 5.97 Å². The number of hydrogen-bond acceptors (Lipinski definition) is 4. The standard InChI is InChI=1S/C15H16N4O2/c1-9(2)10-3-5-11(6-4-10)13-7-12(14(20)21)18-15-16-8-17-19(13)15/h3-9,13H,1-2H3,(H,20,21)(H,16,17,18)/t13-/m1/s1. The number of carbonyl (C=O) groups is 1. The fourth-order valence-corrected chi connectivity index (χ4v) is 2.37. The third kappa shape index (κ3) is 2.40. The number of nitrogens with one attached hydrogen (secondary N) is 1. The number of aromatic nitrogens is 3. The highest BCUT2D eigenvalue weighted by Gasteiger charge is 2.25. The quantitative estimate of drug-likeness (QED) is 0.904. The minimum atomic E-state index is -1.01. The second-order valence-corrected chi connectivity index (χ2v) is 5.30. The molecule has 108 valence electrons. The number of carboxylic acids is 1.